The fourth-order valence-electron chi connectivity index (χ4n) is 3.33. The summed E-state index contributed by atoms with van der Waals surface area (Å²) in [7, 11) is 3.31. The molecule has 34 heavy (non-hydrogen) atoms. The minimum Gasteiger partial charge on any atom is -0.495 e. The molecule has 3 rings (SSSR count). The van der Waals surface area contributed by atoms with E-state index in [1.54, 1.807) is 26.0 Å². The minimum atomic E-state index is -0.343. The lowest BCUT2D eigenvalue weighted by molar-refractivity contribution is -0.143. The van der Waals surface area contributed by atoms with Crippen LogP contribution in [-0.4, -0.2) is 67.2 Å². The molecule has 1 aromatic heterocycles. The predicted octanol–water partition coefficient (Wildman–Crippen LogP) is 3.81. The van der Waals surface area contributed by atoms with E-state index < -0.39 is 0 Å². The molecule has 0 spiro atoms. The van der Waals surface area contributed by atoms with Crippen LogP contribution in [0.3, 0.4) is 0 Å². The Labute approximate surface area is 206 Å². The number of esters is 1. The average Bonchev–Trinajstić information content (AvgIpc) is 2.81. The maximum absolute atomic E-state index is 11.7. The van der Waals surface area contributed by atoms with E-state index in [1.807, 2.05) is 42.3 Å². The second kappa shape index (κ2) is 12.1. The van der Waals surface area contributed by atoms with E-state index in [0.29, 0.717) is 35.0 Å². The highest BCUT2D eigenvalue weighted by molar-refractivity contribution is 9.10. The number of fused-ring (bicyclic) bond motifs is 1. The Morgan fingerprint density at radius 3 is 2.74 bits per heavy atom. The standard InChI is InChI=1S/C24H26BrN5O4/c1-4-34-23(32)13-30(2)12-16(14-31)11-26-21-9-19-20(10-22(21)33-3)27-15-28-24(19)29-18-7-5-6-17(25)8-18/h5-10,15,26H,4,11-13H2,1-3H3,(H,27,28,29). The number of rotatable bonds is 11. The number of halogens is 1. The lowest BCUT2D eigenvalue weighted by Gasteiger charge is -2.18. The summed E-state index contributed by atoms with van der Waals surface area (Å²) >= 11 is 3.47. The van der Waals surface area contributed by atoms with Crippen LogP contribution in [0.4, 0.5) is 17.2 Å². The highest BCUT2D eigenvalue weighted by atomic mass is 79.9. The number of nitrogens with one attached hydrogen (secondary N) is 2. The first-order valence-electron chi connectivity index (χ1n) is 10.6. The molecule has 0 radical (unpaired) electrons. The van der Waals surface area contributed by atoms with Crippen LogP contribution in [-0.2, 0) is 14.3 Å². The lowest BCUT2D eigenvalue weighted by atomic mass is 10.1. The van der Waals surface area contributed by atoms with Gasteiger partial charge in [0.05, 0.1) is 31.5 Å². The number of likely N-dealkylation sites (N-methyl/N-ethyl adjacent to an activating group) is 1. The first-order chi connectivity index (χ1) is 16.4. The first kappa shape index (κ1) is 25.2. The van der Waals surface area contributed by atoms with Gasteiger partial charge in [0.25, 0.3) is 0 Å². The molecule has 0 aliphatic rings. The van der Waals surface area contributed by atoms with Crippen molar-refractivity contribution in [2.75, 3.05) is 51.0 Å². The van der Waals surface area contributed by atoms with E-state index in [0.717, 1.165) is 15.5 Å². The van der Waals surface area contributed by atoms with Crippen molar-refractivity contribution in [3.63, 3.8) is 0 Å². The summed E-state index contributed by atoms with van der Waals surface area (Å²) in [5.74, 6) is 2.83. The van der Waals surface area contributed by atoms with Gasteiger partial charge >= 0.3 is 5.97 Å². The number of nitrogens with zero attached hydrogens (tertiary/aromatic N) is 3. The molecular weight excluding hydrogens is 502 g/mol. The second-order valence-corrected chi connectivity index (χ2v) is 8.38. The van der Waals surface area contributed by atoms with E-state index in [-0.39, 0.29) is 25.6 Å². The SMILES string of the molecule is CCOC(=O)CN(C)CC(=C=O)CNc1cc2c(Nc3cccc(Br)c3)ncnc2cc1OC. The lowest BCUT2D eigenvalue weighted by Crippen LogP contribution is -2.30. The van der Waals surface area contributed by atoms with Crippen molar-refractivity contribution < 1.29 is 19.1 Å². The molecule has 0 amide bonds. The van der Waals surface area contributed by atoms with E-state index in [1.165, 1.54) is 6.33 Å². The maximum atomic E-state index is 11.7. The topological polar surface area (TPSA) is 106 Å². The number of carbonyl (C=O) groups is 1. The summed E-state index contributed by atoms with van der Waals surface area (Å²) in [6.45, 7) is 2.64. The Bertz CT molecular complexity index is 1210. The fourth-order valence-corrected chi connectivity index (χ4v) is 3.73. The zero-order valence-electron chi connectivity index (χ0n) is 19.2. The van der Waals surface area contributed by atoms with Crippen LogP contribution < -0.4 is 15.4 Å². The van der Waals surface area contributed by atoms with Crippen molar-refractivity contribution >= 4 is 55.9 Å². The van der Waals surface area contributed by atoms with Crippen LogP contribution >= 0.6 is 15.9 Å². The van der Waals surface area contributed by atoms with Crippen LogP contribution in [0.1, 0.15) is 6.92 Å². The molecule has 0 saturated heterocycles. The van der Waals surface area contributed by atoms with Gasteiger partial charge in [-0.2, -0.15) is 0 Å². The number of benzene rings is 2. The third kappa shape index (κ3) is 6.77. The number of aromatic nitrogens is 2. The van der Waals surface area contributed by atoms with Gasteiger partial charge in [-0.3, -0.25) is 9.69 Å². The normalized spacial score (nSPS) is 10.6. The number of methoxy groups -OCH3 is 1. The molecule has 0 saturated carbocycles. The van der Waals surface area contributed by atoms with Crippen LogP contribution in [0.5, 0.6) is 5.75 Å². The largest absolute Gasteiger partial charge is 0.495 e. The smallest absolute Gasteiger partial charge is 0.320 e. The van der Waals surface area contributed by atoms with Crippen LogP contribution in [0.15, 0.2) is 52.8 Å². The van der Waals surface area contributed by atoms with Gasteiger partial charge < -0.3 is 20.1 Å². The van der Waals surface area contributed by atoms with Crippen molar-refractivity contribution in [3.05, 3.63) is 52.8 Å². The highest BCUT2D eigenvalue weighted by Gasteiger charge is 2.13. The number of ether oxygens (including phenoxy) is 2. The van der Waals surface area contributed by atoms with Gasteiger partial charge in [-0.25, -0.2) is 14.8 Å². The van der Waals surface area contributed by atoms with Gasteiger partial charge in [-0.05, 0) is 38.2 Å². The summed E-state index contributed by atoms with van der Waals surface area (Å²) in [6.07, 6.45) is 1.49. The van der Waals surface area contributed by atoms with Crippen LogP contribution in [0.25, 0.3) is 10.9 Å². The number of anilines is 3. The Balaban J connectivity index is 1.79. The van der Waals surface area contributed by atoms with Crippen molar-refractivity contribution in [1.29, 1.82) is 0 Å². The minimum absolute atomic E-state index is 0.0836. The third-order valence-corrected chi connectivity index (χ3v) is 5.34. The van der Waals surface area contributed by atoms with E-state index in [4.69, 9.17) is 9.47 Å². The average molecular weight is 528 g/mol. The highest BCUT2D eigenvalue weighted by Crippen LogP contribution is 2.33. The first-order valence-corrected chi connectivity index (χ1v) is 11.4. The Kier molecular flexibility index (Phi) is 8.98. The summed E-state index contributed by atoms with van der Waals surface area (Å²) < 4.78 is 11.4. The van der Waals surface area contributed by atoms with E-state index >= 15 is 0 Å². The molecule has 0 unspecified atom stereocenters. The summed E-state index contributed by atoms with van der Waals surface area (Å²) in [6, 6.07) is 11.4. The summed E-state index contributed by atoms with van der Waals surface area (Å²) in [5, 5.41) is 7.33. The van der Waals surface area contributed by atoms with Crippen LogP contribution in [0, 0.1) is 0 Å². The third-order valence-electron chi connectivity index (χ3n) is 4.85. The molecule has 3 aromatic rings. The molecule has 0 aliphatic carbocycles. The maximum Gasteiger partial charge on any atom is 0.320 e. The molecule has 1 heterocycles. The molecular formula is C24H26BrN5O4. The monoisotopic (exact) mass is 527 g/mol. The number of carbonyl (C=O) groups excluding carboxylic acids is 2. The quantitative estimate of drug-likeness (QED) is 0.284. The van der Waals surface area contributed by atoms with Crippen LogP contribution in [0.2, 0.25) is 0 Å². The molecule has 2 N–H and O–H groups in total. The molecule has 10 heteroatoms. The summed E-state index contributed by atoms with van der Waals surface area (Å²) in [5.41, 5.74) is 2.69. The van der Waals surface area contributed by atoms with Gasteiger partial charge in [-0.15, -0.1) is 0 Å². The number of hydrogen-bond donors (Lipinski definition) is 2. The van der Waals surface area contributed by atoms with Crippen molar-refractivity contribution in [3.8, 4) is 5.75 Å². The van der Waals surface area contributed by atoms with E-state index in [2.05, 4.69) is 36.5 Å². The van der Waals surface area contributed by atoms with Crippen molar-refractivity contribution in [1.82, 2.24) is 14.9 Å². The van der Waals surface area contributed by atoms with Gasteiger partial charge in [0.1, 0.15) is 23.8 Å². The Morgan fingerprint density at radius 1 is 1.21 bits per heavy atom. The number of hydrogen-bond acceptors (Lipinski definition) is 9. The van der Waals surface area contributed by atoms with Gasteiger partial charge in [0.2, 0.25) is 0 Å². The summed E-state index contributed by atoms with van der Waals surface area (Å²) in [4.78, 5) is 33.6. The zero-order valence-corrected chi connectivity index (χ0v) is 20.8. The van der Waals surface area contributed by atoms with Gasteiger partial charge in [-0.1, -0.05) is 22.0 Å². The van der Waals surface area contributed by atoms with Gasteiger partial charge in [0, 0.05) is 40.3 Å². The second-order valence-electron chi connectivity index (χ2n) is 7.46. The van der Waals surface area contributed by atoms with Gasteiger partial charge in [0.15, 0.2) is 0 Å². The molecule has 0 aliphatic heterocycles. The molecule has 9 nitrogen and oxygen atoms in total. The predicted molar refractivity (Wildman–Crippen MR) is 135 cm³/mol. The molecule has 0 fully saturated rings. The molecule has 0 atom stereocenters. The van der Waals surface area contributed by atoms with Crippen molar-refractivity contribution in [2.24, 2.45) is 0 Å². The van der Waals surface area contributed by atoms with Crippen molar-refractivity contribution in [2.45, 2.75) is 6.92 Å². The zero-order chi connectivity index (χ0) is 24.5. The molecule has 178 valence electrons. The fraction of sp³-hybridized carbons (Fsp3) is 0.292. The Morgan fingerprint density at radius 2 is 2.03 bits per heavy atom. The Hall–Kier alpha value is -3.46. The molecule has 0 bridgehead atoms. The molecule has 2 aromatic carbocycles. The van der Waals surface area contributed by atoms with E-state index in [9.17, 15) is 9.59 Å².